The zero-order valence-corrected chi connectivity index (χ0v) is 11.5. The van der Waals surface area contributed by atoms with E-state index in [1.165, 1.54) is 0 Å². The molecule has 1 aromatic carbocycles. The van der Waals surface area contributed by atoms with Crippen molar-refractivity contribution in [2.24, 2.45) is 0 Å². The number of hydrogen-bond donors (Lipinski definition) is 0. The average Bonchev–Trinajstić information content (AvgIpc) is 2.94. The first kappa shape index (κ1) is 11.5. The number of oxazole rings is 1. The highest BCUT2D eigenvalue weighted by Crippen LogP contribution is 2.29. The predicted molar refractivity (Wildman–Crippen MR) is 72.8 cm³/mol. The number of nitrogens with zero attached hydrogens (tertiary/aromatic N) is 1. The molecule has 0 bridgehead atoms. The summed E-state index contributed by atoms with van der Waals surface area (Å²) in [6, 6.07) is 11.7. The van der Waals surface area contributed by atoms with Crippen LogP contribution < -0.4 is 0 Å². The number of hydrogen-bond acceptors (Lipinski definition) is 3. The van der Waals surface area contributed by atoms with Crippen LogP contribution in [0.3, 0.4) is 0 Å². The zero-order valence-electron chi connectivity index (χ0n) is 9.89. The van der Waals surface area contributed by atoms with E-state index in [4.69, 9.17) is 8.83 Å². The molecule has 0 aliphatic heterocycles. The van der Waals surface area contributed by atoms with Crippen LogP contribution in [0.5, 0.6) is 0 Å². The fourth-order valence-corrected chi connectivity index (χ4v) is 2.41. The summed E-state index contributed by atoms with van der Waals surface area (Å²) in [5.74, 6) is 2.52. The van der Waals surface area contributed by atoms with E-state index in [1.54, 1.807) is 0 Å². The molecule has 2 aromatic heterocycles. The third-order valence-electron chi connectivity index (χ3n) is 2.76. The van der Waals surface area contributed by atoms with Crippen LogP contribution in [0.25, 0.3) is 11.1 Å². The number of aryl methyl sites for hydroxylation is 1. The standard InChI is InChI=1S/C14H12BrNO2/c1-9-6-7-12(17-9)10(15)8-14-16-11-4-2-3-5-13(11)18-14/h2-7,10H,8H2,1H3. The summed E-state index contributed by atoms with van der Waals surface area (Å²) in [7, 11) is 0. The molecular formula is C14H12BrNO2. The molecule has 0 saturated carbocycles. The van der Waals surface area contributed by atoms with Gasteiger partial charge in [-0.15, -0.1) is 0 Å². The van der Waals surface area contributed by atoms with Crippen molar-refractivity contribution < 1.29 is 8.83 Å². The Morgan fingerprint density at radius 1 is 1.17 bits per heavy atom. The highest BCUT2D eigenvalue weighted by molar-refractivity contribution is 9.09. The first-order valence-electron chi connectivity index (χ1n) is 5.77. The van der Waals surface area contributed by atoms with E-state index in [2.05, 4.69) is 20.9 Å². The van der Waals surface area contributed by atoms with Gasteiger partial charge in [-0.3, -0.25) is 0 Å². The van der Waals surface area contributed by atoms with Crippen molar-refractivity contribution in [2.45, 2.75) is 18.2 Å². The number of alkyl halides is 1. The molecule has 0 amide bonds. The summed E-state index contributed by atoms with van der Waals surface area (Å²) in [5, 5.41) is 0. The number of aromatic nitrogens is 1. The van der Waals surface area contributed by atoms with Crippen molar-refractivity contribution in [1.29, 1.82) is 0 Å². The highest BCUT2D eigenvalue weighted by Gasteiger charge is 2.16. The third-order valence-corrected chi connectivity index (χ3v) is 3.54. The van der Waals surface area contributed by atoms with Crippen LogP contribution in [-0.4, -0.2) is 4.98 Å². The molecule has 0 aliphatic rings. The molecule has 0 aliphatic carbocycles. The van der Waals surface area contributed by atoms with Crippen molar-refractivity contribution in [2.75, 3.05) is 0 Å². The predicted octanol–water partition coefficient (Wildman–Crippen LogP) is 4.41. The van der Waals surface area contributed by atoms with Gasteiger partial charge >= 0.3 is 0 Å². The summed E-state index contributed by atoms with van der Waals surface area (Å²) in [5.41, 5.74) is 1.71. The Labute approximate surface area is 113 Å². The SMILES string of the molecule is Cc1ccc(C(Br)Cc2nc3ccccc3o2)o1. The Morgan fingerprint density at radius 3 is 2.72 bits per heavy atom. The molecule has 0 fully saturated rings. The minimum atomic E-state index is 0.0827. The van der Waals surface area contributed by atoms with Crippen molar-refractivity contribution >= 4 is 27.0 Å². The lowest BCUT2D eigenvalue weighted by atomic mass is 10.2. The fourth-order valence-electron chi connectivity index (χ4n) is 1.88. The average molecular weight is 306 g/mol. The van der Waals surface area contributed by atoms with Crippen molar-refractivity contribution in [3.05, 3.63) is 53.8 Å². The number of benzene rings is 1. The smallest absolute Gasteiger partial charge is 0.197 e. The van der Waals surface area contributed by atoms with Crippen LogP contribution in [0.4, 0.5) is 0 Å². The number of rotatable bonds is 3. The van der Waals surface area contributed by atoms with E-state index in [0.29, 0.717) is 12.3 Å². The minimum absolute atomic E-state index is 0.0827. The second-order valence-electron chi connectivity index (χ2n) is 4.20. The van der Waals surface area contributed by atoms with Gasteiger partial charge in [0.2, 0.25) is 0 Å². The Balaban J connectivity index is 1.83. The number of halogens is 1. The van der Waals surface area contributed by atoms with E-state index in [9.17, 15) is 0 Å². The van der Waals surface area contributed by atoms with Crippen LogP contribution in [0, 0.1) is 6.92 Å². The van der Waals surface area contributed by atoms with Gasteiger partial charge < -0.3 is 8.83 Å². The molecule has 92 valence electrons. The van der Waals surface area contributed by atoms with Crippen LogP contribution in [-0.2, 0) is 6.42 Å². The molecule has 18 heavy (non-hydrogen) atoms. The largest absolute Gasteiger partial charge is 0.465 e. The summed E-state index contributed by atoms with van der Waals surface area (Å²) >= 11 is 3.60. The zero-order chi connectivity index (χ0) is 12.5. The Morgan fingerprint density at radius 2 is 2.00 bits per heavy atom. The lowest BCUT2D eigenvalue weighted by Crippen LogP contribution is -1.93. The maximum atomic E-state index is 5.68. The molecule has 3 rings (SSSR count). The van der Waals surface area contributed by atoms with Gasteiger partial charge in [-0.1, -0.05) is 28.1 Å². The fraction of sp³-hybridized carbons (Fsp3) is 0.214. The van der Waals surface area contributed by atoms with Gasteiger partial charge in [0.1, 0.15) is 17.0 Å². The quantitative estimate of drug-likeness (QED) is 0.673. The molecule has 0 spiro atoms. The van der Waals surface area contributed by atoms with E-state index in [-0.39, 0.29) is 4.83 Å². The molecule has 0 radical (unpaired) electrons. The van der Waals surface area contributed by atoms with Gasteiger partial charge in [0.15, 0.2) is 11.5 Å². The maximum absolute atomic E-state index is 5.68. The van der Waals surface area contributed by atoms with Gasteiger partial charge in [0.25, 0.3) is 0 Å². The van der Waals surface area contributed by atoms with Crippen LogP contribution in [0.15, 0.2) is 45.2 Å². The van der Waals surface area contributed by atoms with Crippen LogP contribution in [0.1, 0.15) is 22.2 Å². The van der Waals surface area contributed by atoms with Gasteiger partial charge in [-0.2, -0.15) is 0 Å². The van der Waals surface area contributed by atoms with Crippen LogP contribution in [0.2, 0.25) is 0 Å². The second kappa shape index (κ2) is 4.61. The van der Waals surface area contributed by atoms with Crippen molar-refractivity contribution in [3.8, 4) is 0 Å². The molecule has 1 unspecified atom stereocenters. The number of fused-ring (bicyclic) bond motifs is 1. The summed E-state index contributed by atoms with van der Waals surface area (Å²) < 4.78 is 11.3. The normalized spacial score (nSPS) is 13.0. The van der Waals surface area contributed by atoms with Gasteiger partial charge in [0.05, 0.1) is 4.83 Å². The molecule has 0 N–H and O–H groups in total. The monoisotopic (exact) mass is 305 g/mol. The molecule has 3 aromatic rings. The summed E-state index contributed by atoms with van der Waals surface area (Å²) in [6.45, 7) is 1.93. The molecule has 4 heteroatoms. The topological polar surface area (TPSA) is 39.2 Å². The van der Waals surface area contributed by atoms with Crippen molar-refractivity contribution in [3.63, 3.8) is 0 Å². The maximum Gasteiger partial charge on any atom is 0.197 e. The van der Waals surface area contributed by atoms with Crippen LogP contribution >= 0.6 is 15.9 Å². The minimum Gasteiger partial charge on any atom is -0.465 e. The second-order valence-corrected chi connectivity index (χ2v) is 5.30. The first-order chi connectivity index (χ1) is 8.72. The highest BCUT2D eigenvalue weighted by atomic mass is 79.9. The van der Waals surface area contributed by atoms with Crippen molar-refractivity contribution in [1.82, 2.24) is 4.98 Å². The Hall–Kier alpha value is -1.55. The lowest BCUT2D eigenvalue weighted by Gasteiger charge is -2.02. The molecule has 0 saturated heterocycles. The Kier molecular flexibility index (Phi) is 2.96. The van der Waals surface area contributed by atoms with Gasteiger partial charge in [-0.25, -0.2) is 4.98 Å². The molecule has 3 nitrogen and oxygen atoms in total. The molecule has 2 heterocycles. The van der Waals surface area contributed by atoms with Gasteiger partial charge in [0, 0.05) is 6.42 Å². The molecule has 1 atom stereocenters. The number of furan rings is 1. The molecular weight excluding hydrogens is 294 g/mol. The third kappa shape index (κ3) is 2.20. The lowest BCUT2D eigenvalue weighted by molar-refractivity contribution is 0.462. The van der Waals surface area contributed by atoms with Gasteiger partial charge in [-0.05, 0) is 31.2 Å². The summed E-state index contributed by atoms with van der Waals surface area (Å²) in [4.78, 5) is 4.53. The number of para-hydroxylation sites is 2. The summed E-state index contributed by atoms with van der Waals surface area (Å²) in [6.07, 6.45) is 0.668. The van der Waals surface area contributed by atoms with E-state index >= 15 is 0 Å². The first-order valence-corrected chi connectivity index (χ1v) is 6.69. The Bertz CT molecular complexity index is 638. The van der Waals surface area contributed by atoms with E-state index < -0.39 is 0 Å². The van der Waals surface area contributed by atoms with E-state index in [0.717, 1.165) is 22.6 Å². The van der Waals surface area contributed by atoms with E-state index in [1.807, 2.05) is 43.3 Å².